The van der Waals surface area contributed by atoms with Gasteiger partial charge in [0.2, 0.25) is 0 Å². The minimum atomic E-state index is -1.50. The van der Waals surface area contributed by atoms with Gasteiger partial charge in [-0.3, -0.25) is 4.57 Å². The van der Waals surface area contributed by atoms with Crippen LogP contribution in [-0.4, -0.2) is 44.0 Å². The summed E-state index contributed by atoms with van der Waals surface area (Å²) in [5.41, 5.74) is 4.43. The van der Waals surface area contributed by atoms with Crippen LogP contribution in [0.5, 0.6) is 0 Å². The molecule has 4 rings (SSSR count). The molecule has 0 saturated carbocycles. The smallest absolute Gasteiger partial charge is 0.423 e. The molecule has 2 aromatic heterocycles. The van der Waals surface area contributed by atoms with E-state index in [4.69, 9.17) is 4.74 Å². The highest BCUT2D eigenvalue weighted by Gasteiger charge is 2.14. The molecule has 152 valence electrons. The summed E-state index contributed by atoms with van der Waals surface area (Å²) in [6.07, 6.45) is 1.56. The predicted octanol–water partition coefficient (Wildman–Crippen LogP) is 1.56. The zero-order chi connectivity index (χ0) is 21.1. The van der Waals surface area contributed by atoms with Crippen molar-refractivity contribution in [2.24, 2.45) is 0 Å². The monoisotopic (exact) mass is 403 g/mol. The Labute approximate surface area is 174 Å². The highest BCUT2D eigenvalue weighted by atomic mass is 16.5. The fraction of sp³-hybridized carbons (Fsp3) is 0.190. The molecule has 0 radical (unpaired) electrons. The van der Waals surface area contributed by atoms with Crippen LogP contribution in [0.4, 0.5) is 5.82 Å². The Bertz CT molecular complexity index is 1180. The molecular formula is C21H22BN5O3. The van der Waals surface area contributed by atoms with Gasteiger partial charge >= 0.3 is 7.12 Å². The van der Waals surface area contributed by atoms with Gasteiger partial charge in [-0.05, 0) is 35.6 Å². The van der Waals surface area contributed by atoms with Gasteiger partial charge in [-0.2, -0.15) is 10.1 Å². The predicted molar refractivity (Wildman–Crippen MR) is 116 cm³/mol. The van der Waals surface area contributed by atoms with E-state index in [-0.39, 0.29) is 0 Å². The Morgan fingerprint density at radius 1 is 1.13 bits per heavy atom. The molecule has 3 N–H and O–H groups in total. The van der Waals surface area contributed by atoms with Crippen LogP contribution in [0.2, 0.25) is 0 Å². The van der Waals surface area contributed by atoms with Gasteiger partial charge in [0.1, 0.15) is 0 Å². The number of aryl methyl sites for hydroxylation is 1. The fourth-order valence-electron chi connectivity index (χ4n) is 3.50. The van der Waals surface area contributed by atoms with E-state index in [2.05, 4.69) is 26.6 Å². The molecule has 0 fully saturated rings. The number of hydrogen-bond donors (Lipinski definition) is 3. The molecule has 0 amide bonds. The van der Waals surface area contributed by atoms with Crippen LogP contribution in [0, 0.1) is 6.92 Å². The molecule has 0 spiro atoms. The summed E-state index contributed by atoms with van der Waals surface area (Å²) in [4.78, 5) is 4.62. The van der Waals surface area contributed by atoms with Crippen LogP contribution in [-0.2, 0) is 17.9 Å². The van der Waals surface area contributed by atoms with Gasteiger partial charge < -0.3 is 20.1 Å². The second-order valence-electron chi connectivity index (χ2n) is 7.02. The number of fused-ring (bicyclic) bond motifs is 1. The number of benzene rings is 2. The lowest BCUT2D eigenvalue weighted by atomic mass is 9.80. The number of methoxy groups -OCH3 is 1. The van der Waals surface area contributed by atoms with Crippen LogP contribution >= 0.6 is 0 Å². The molecular weight excluding hydrogens is 381 g/mol. The molecule has 4 aromatic rings. The summed E-state index contributed by atoms with van der Waals surface area (Å²) in [7, 11) is 0.187. The number of hydrogen-bond acceptors (Lipinski definition) is 7. The van der Waals surface area contributed by atoms with E-state index >= 15 is 0 Å². The second-order valence-corrected chi connectivity index (χ2v) is 7.02. The number of aromatic nitrogens is 4. The summed E-state index contributed by atoms with van der Waals surface area (Å²) in [6.45, 7) is 3.00. The zero-order valence-electron chi connectivity index (χ0n) is 16.8. The van der Waals surface area contributed by atoms with Crippen molar-refractivity contribution in [1.29, 1.82) is 0 Å². The van der Waals surface area contributed by atoms with E-state index in [1.807, 2.05) is 35.8 Å². The fourth-order valence-corrected chi connectivity index (χ4v) is 3.50. The van der Waals surface area contributed by atoms with E-state index in [1.165, 1.54) is 0 Å². The minimum Gasteiger partial charge on any atom is -0.423 e. The SMILES string of the molecule is COCc1cccc2c1cc(C)n2-c1nncc(NCc2cccc(B(O)O)c2)n1. The first kappa shape index (κ1) is 20.0. The Kier molecular flexibility index (Phi) is 5.76. The maximum atomic E-state index is 9.34. The standard InChI is InChI=1S/C21H22BN5O3/c1-14-9-18-16(13-30-2)6-4-8-19(18)27(14)21-25-20(12-24-26-21)23-11-15-5-3-7-17(10-15)22(28)29/h3-10,12,28-29H,11,13H2,1-2H3,(H,23,25,26). The molecule has 2 heterocycles. The second kappa shape index (κ2) is 8.62. The minimum absolute atomic E-state index is 0.442. The average molecular weight is 403 g/mol. The van der Waals surface area contributed by atoms with E-state index in [0.717, 1.165) is 27.7 Å². The molecule has 0 aliphatic rings. The molecule has 0 saturated heterocycles. The van der Waals surface area contributed by atoms with Gasteiger partial charge in [-0.1, -0.05) is 36.4 Å². The van der Waals surface area contributed by atoms with Gasteiger partial charge in [0.25, 0.3) is 5.95 Å². The van der Waals surface area contributed by atoms with Gasteiger partial charge in [-0.15, -0.1) is 5.10 Å². The maximum Gasteiger partial charge on any atom is 0.488 e. The zero-order valence-corrected chi connectivity index (χ0v) is 16.8. The molecule has 0 bridgehead atoms. The molecule has 0 aliphatic heterocycles. The summed E-state index contributed by atoms with van der Waals surface area (Å²) in [6, 6.07) is 15.2. The Morgan fingerprint density at radius 2 is 1.97 bits per heavy atom. The molecule has 30 heavy (non-hydrogen) atoms. The van der Waals surface area contributed by atoms with Crippen LogP contribution < -0.4 is 10.8 Å². The van der Waals surface area contributed by atoms with Crippen molar-refractivity contribution in [1.82, 2.24) is 19.7 Å². The van der Waals surface area contributed by atoms with Crippen LogP contribution in [0.15, 0.2) is 54.7 Å². The van der Waals surface area contributed by atoms with Gasteiger partial charge in [0.15, 0.2) is 5.82 Å². The number of nitrogens with zero attached hydrogens (tertiary/aromatic N) is 4. The lowest BCUT2D eigenvalue weighted by Crippen LogP contribution is -2.30. The quantitative estimate of drug-likeness (QED) is 0.402. The Hall–Kier alpha value is -3.27. The summed E-state index contributed by atoms with van der Waals surface area (Å²) in [5, 5.41) is 31.3. The lowest BCUT2D eigenvalue weighted by molar-refractivity contribution is 0.186. The highest BCUT2D eigenvalue weighted by molar-refractivity contribution is 6.58. The van der Waals surface area contributed by atoms with E-state index in [1.54, 1.807) is 31.5 Å². The summed E-state index contributed by atoms with van der Waals surface area (Å²) < 4.78 is 7.28. The topological polar surface area (TPSA) is 105 Å². The lowest BCUT2D eigenvalue weighted by Gasteiger charge is -2.10. The molecule has 0 atom stereocenters. The summed E-state index contributed by atoms with van der Waals surface area (Å²) >= 11 is 0. The number of anilines is 1. The highest BCUT2D eigenvalue weighted by Crippen LogP contribution is 2.26. The van der Waals surface area contributed by atoms with Crippen molar-refractivity contribution >= 4 is 29.3 Å². The maximum absolute atomic E-state index is 9.34. The Balaban J connectivity index is 1.62. The van der Waals surface area contributed by atoms with Crippen molar-refractivity contribution in [3.63, 3.8) is 0 Å². The first-order valence-corrected chi connectivity index (χ1v) is 9.54. The average Bonchev–Trinajstić information content (AvgIpc) is 3.10. The summed E-state index contributed by atoms with van der Waals surface area (Å²) in [5.74, 6) is 1.05. The Morgan fingerprint density at radius 3 is 2.77 bits per heavy atom. The van der Waals surface area contributed by atoms with Crippen molar-refractivity contribution in [3.8, 4) is 5.95 Å². The first-order chi connectivity index (χ1) is 14.6. The van der Waals surface area contributed by atoms with Crippen LogP contribution in [0.1, 0.15) is 16.8 Å². The van der Waals surface area contributed by atoms with E-state index in [9.17, 15) is 10.0 Å². The van der Waals surface area contributed by atoms with Crippen molar-refractivity contribution in [2.75, 3.05) is 12.4 Å². The van der Waals surface area contributed by atoms with Crippen molar-refractivity contribution in [3.05, 3.63) is 71.5 Å². The molecule has 0 unspecified atom stereocenters. The number of nitrogens with one attached hydrogen (secondary N) is 1. The third-order valence-corrected chi connectivity index (χ3v) is 4.89. The largest absolute Gasteiger partial charge is 0.488 e. The van der Waals surface area contributed by atoms with Crippen LogP contribution in [0.25, 0.3) is 16.9 Å². The van der Waals surface area contributed by atoms with Gasteiger partial charge in [0, 0.05) is 24.7 Å². The van der Waals surface area contributed by atoms with Crippen LogP contribution in [0.3, 0.4) is 0 Å². The third kappa shape index (κ3) is 4.04. The first-order valence-electron chi connectivity index (χ1n) is 9.54. The van der Waals surface area contributed by atoms with Crippen molar-refractivity contribution in [2.45, 2.75) is 20.1 Å². The van der Waals surface area contributed by atoms with Gasteiger partial charge in [-0.25, -0.2) is 0 Å². The third-order valence-electron chi connectivity index (χ3n) is 4.89. The van der Waals surface area contributed by atoms with Crippen molar-refractivity contribution < 1.29 is 14.8 Å². The molecule has 9 heteroatoms. The molecule has 2 aromatic carbocycles. The number of ether oxygens (including phenoxy) is 1. The van der Waals surface area contributed by atoms with E-state index in [0.29, 0.717) is 30.4 Å². The molecule has 8 nitrogen and oxygen atoms in total. The normalized spacial score (nSPS) is 11.1. The van der Waals surface area contributed by atoms with E-state index < -0.39 is 7.12 Å². The molecule has 0 aliphatic carbocycles. The van der Waals surface area contributed by atoms with Gasteiger partial charge in [0.05, 0.1) is 18.3 Å². The number of rotatable bonds is 7.